The molecule has 1 fully saturated rings. The van der Waals surface area contributed by atoms with Crippen LogP contribution in [0.15, 0.2) is 0 Å². The molecule has 3 atom stereocenters. The number of hydrogen-bond acceptors (Lipinski definition) is 4. The highest BCUT2D eigenvalue weighted by Gasteiger charge is 2.38. The van der Waals surface area contributed by atoms with Gasteiger partial charge in [-0.25, -0.2) is 0 Å². The van der Waals surface area contributed by atoms with Crippen molar-refractivity contribution in [3.05, 3.63) is 0 Å². The Hall–Kier alpha value is -0.810. The predicted octanol–water partition coefficient (Wildman–Crippen LogP) is 1.38. The Labute approximate surface area is 121 Å². The number of halogens is 1. The first-order chi connectivity index (χ1) is 8.36. The summed E-state index contributed by atoms with van der Waals surface area (Å²) < 4.78 is 4.57. The number of amides is 1. The molecular formula is C13H25ClN2O3. The number of carbonyl (C=O) groups is 2. The van der Waals surface area contributed by atoms with E-state index in [9.17, 15) is 9.59 Å². The van der Waals surface area contributed by atoms with E-state index < -0.39 is 5.54 Å². The molecule has 1 aliphatic carbocycles. The van der Waals surface area contributed by atoms with Crippen molar-refractivity contribution >= 4 is 24.3 Å². The summed E-state index contributed by atoms with van der Waals surface area (Å²) in [6.45, 7) is 3.73. The van der Waals surface area contributed by atoms with Crippen LogP contribution in [0.3, 0.4) is 0 Å². The van der Waals surface area contributed by atoms with Crippen LogP contribution in [-0.2, 0) is 14.3 Å². The molecule has 5 nitrogen and oxygen atoms in total. The molecule has 1 aliphatic rings. The minimum absolute atomic E-state index is 0. The van der Waals surface area contributed by atoms with Gasteiger partial charge in [-0.2, -0.15) is 0 Å². The molecule has 3 unspecified atom stereocenters. The zero-order chi connectivity index (χ0) is 13.8. The minimum Gasteiger partial charge on any atom is -0.469 e. The topological polar surface area (TPSA) is 81.4 Å². The Morgan fingerprint density at radius 2 is 2.11 bits per heavy atom. The average Bonchev–Trinajstić information content (AvgIpc) is 2.27. The Bertz CT molecular complexity index is 321. The first-order valence-electron chi connectivity index (χ1n) is 6.53. The third-order valence-corrected chi connectivity index (χ3v) is 3.66. The van der Waals surface area contributed by atoms with Crippen molar-refractivity contribution in [1.29, 1.82) is 0 Å². The van der Waals surface area contributed by atoms with Crippen LogP contribution in [0, 0.1) is 5.92 Å². The van der Waals surface area contributed by atoms with E-state index in [0.29, 0.717) is 0 Å². The molecule has 1 amide bonds. The second-order valence-electron chi connectivity index (χ2n) is 5.49. The van der Waals surface area contributed by atoms with E-state index in [2.05, 4.69) is 10.1 Å². The fourth-order valence-electron chi connectivity index (χ4n) is 2.52. The van der Waals surface area contributed by atoms with Crippen LogP contribution >= 0.6 is 12.4 Å². The zero-order valence-electron chi connectivity index (χ0n) is 11.9. The predicted molar refractivity (Wildman–Crippen MR) is 76.0 cm³/mol. The number of esters is 1. The lowest BCUT2D eigenvalue weighted by Gasteiger charge is -2.37. The quantitative estimate of drug-likeness (QED) is 0.767. The van der Waals surface area contributed by atoms with E-state index >= 15 is 0 Å². The summed E-state index contributed by atoms with van der Waals surface area (Å²) in [6, 6.07) is -0.220. The lowest BCUT2D eigenvalue weighted by atomic mass is 9.74. The van der Waals surface area contributed by atoms with Gasteiger partial charge in [-0.1, -0.05) is 12.8 Å². The maximum absolute atomic E-state index is 12.2. The SMILES string of the molecule is COC(=O)CC(C)NC(=O)C1CCCCC1(C)N.Cl. The molecule has 0 aromatic rings. The van der Waals surface area contributed by atoms with Gasteiger partial charge in [0.15, 0.2) is 0 Å². The highest BCUT2D eigenvalue weighted by molar-refractivity contribution is 5.85. The summed E-state index contributed by atoms with van der Waals surface area (Å²) in [5.74, 6) is -0.524. The summed E-state index contributed by atoms with van der Waals surface area (Å²) in [4.78, 5) is 23.3. The van der Waals surface area contributed by atoms with Crippen molar-refractivity contribution in [2.24, 2.45) is 11.7 Å². The van der Waals surface area contributed by atoms with Crippen molar-refractivity contribution in [3.63, 3.8) is 0 Å². The van der Waals surface area contributed by atoms with Crippen molar-refractivity contribution in [2.75, 3.05) is 7.11 Å². The molecule has 6 heteroatoms. The number of methoxy groups -OCH3 is 1. The van der Waals surface area contributed by atoms with Crippen molar-refractivity contribution in [1.82, 2.24) is 5.32 Å². The summed E-state index contributed by atoms with van der Waals surface area (Å²) in [6.07, 6.45) is 4.00. The number of hydrogen-bond donors (Lipinski definition) is 2. The zero-order valence-corrected chi connectivity index (χ0v) is 12.7. The summed E-state index contributed by atoms with van der Waals surface area (Å²) >= 11 is 0. The van der Waals surface area contributed by atoms with Crippen LogP contribution in [0.2, 0.25) is 0 Å². The van der Waals surface area contributed by atoms with Crippen LogP contribution in [0.5, 0.6) is 0 Å². The molecule has 0 bridgehead atoms. The van der Waals surface area contributed by atoms with E-state index in [4.69, 9.17) is 5.73 Å². The van der Waals surface area contributed by atoms with E-state index in [1.807, 2.05) is 6.92 Å². The first-order valence-corrected chi connectivity index (χ1v) is 6.53. The Morgan fingerprint density at radius 1 is 1.47 bits per heavy atom. The maximum Gasteiger partial charge on any atom is 0.307 e. The van der Waals surface area contributed by atoms with Crippen molar-refractivity contribution < 1.29 is 14.3 Å². The Morgan fingerprint density at radius 3 is 2.63 bits per heavy atom. The molecule has 3 N–H and O–H groups in total. The number of rotatable bonds is 4. The van der Waals surface area contributed by atoms with Crippen LogP contribution in [-0.4, -0.2) is 30.6 Å². The highest BCUT2D eigenvalue weighted by atomic mass is 35.5. The van der Waals surface area contributed by atoms with E-state index in [-0.39, 0.29) is 42.7 Å². The molecule has 0 aromatic heterocycles. The Kier molecular flexibility index (Phi) is 7.37. The van der Waals surface area contributed by atoms with Gasteiger partial charge in [0, 0.05) is 11.6 Å². The first kappa shape index (κ1) is 18.2. The van der Waals surface area contributed by atoms with Gasteiger partial charge < -0.3 is 15.8 Å². The van der Waals surface area contributed by atoms with Crippen LogP contribution < -0.4 is 11.1 Å². The van der Waals surface area contributed by atoms with Gasteiger partial charge in [0.2, 0.25) is 5.91 Å². The fraction of sp³-hybridized carbons (Fsp3) is 0.846. The van der Waals surface area contributed by atoms with Crippen molar-refractivity contribution in [3.8, 4) is 0 Å². The van der Waals surface area contributed by atoms with Gasteiger partial charge in [0.05, 0.1) is 19.4 Å². The second kappa shape index (κ2) is 7.70. The number of carbonyl (C=O) groups excluding carboxylic acids is 2. The smallest absolute Gasteiger partial charge is 0.307 e. The van der Waals surface area contributed by atoms with Crippen molar-refractivity contribution in [2.45, 2.75) is 57.5 Å². The molecule has 0 radical (unpaired) electrons. The Balaban J connectivity index is 0.00000324. The molecule has 0 aliphatic heterocycles. The van der Waals surface area contributed by atoms with Crippen LogP contribution in [0.25, 0.3) is 0 Å². The largest absolute Gasteiger partial charge is 0.469 e. The fourth-order valence-corrected chi connectivity index (χ4v) is 2.52. The normalized spacial score (nSPS) is 27.9. The molecule has 1 saturated carbocycles. The van der Waals surface area contributed by atoms with E-state index in [0.717, 1.165) is 25.7 Å². The van der Waals surface area contributed by atoms with Crippen LogP contribution in [0.4, 0.5) is 0 Å². The third kappa shape index (κ3) is 5.37. The van der Waals surface area contributed by atoms with Gasteiger partial charge in [-0.15, -0.1) is 12.4 Å². The van der Waals surface area contributed by atoms with Crippen LogP contribution in [0.1, 0.15) is 46.0 Å². The molecule has 19 heavy (non-hydrogen) atoms. The lowest BCUT2D eigenvalue weighted by Crippen LogP contribution is -2.54. The molecule has 112 valence electrons. The van der Waals surface area contributed by atoms with Gasteiger partial charge in [-0.3, -0.25) is 9.59 Å². The van der Waals surface area contributed by atoms with Gasteiger partial charge in [0.1, 0.15) is 0 Å². The van der Waals surface area contributed by atoms with Gasteiger partial charge in [0.25, 0.3) is 0 Å². The average molecular weight is 293 g/mol. The molecular weight excluding hydrogens is 268 g/mol. The number of ether oxygens (including phenoxy) is 1. The standard InChI is InChI=1S/C13H24N2O3.ClH/c1-9(8-11(16)18-3)15-12(17)10-6-4-5-7-13(10,2)14;/h9-10H,4-8,14H2,1-3H3,(H,15,17);1H. The highest BCUT2D eigenvalue weighted by Crippen LogP contribution is 2.31. The second-order valence-corrected chi connectivity index (χ2v) is 5.49. The lowest BCUT2D eigenvalue weighted by molar-refractivity contribution is -0.141. The molecule has 0 aromatic carbocycles. The molecule has 0 saturated heterocycles. The molecule has 0 heterocycles. The number of nitrogens with one attached hydrogen (secondary N) is 1. The minimum atomic E-state index is -0.437. The van der Waals surface area contributed by atoms with E-state index in [1.54, 1.807) is 6.92 Å². The summed E-state index contributed by atoms with van der Waals surface area (Å²) in [7, 11) is 1.34. The van der Waals surface area contributed by atoms with Gasteiger partial charge in [-0.05, 0) is 26.7 Å². The monoisotopic (exact) mass is 292 g/mol. The number of nitrogens with two attached hydrogens (primary N) is 1. The van der Waals surface area contributed by atoms with Gasteiger partial charge >= 0.3 is 5.97 Å². The third-order valence-electron chi connectivity index (χ3n) is 3.66. The molecule has 0 spiro atoms. The molecule has 1 rings (SSSR count). The van der Waals surface area contributed by atoms with E-state index in [1.165, 1.54) is 7.11 Å². The summed E-state index contributed by atoms with van der Waals surface area (Å²) in [5, 5.41) is 2.85. The maximum atomic E-state index is 12.2. The summed E-state index contributed by atoms with van der Waals surface area (Å²) in [5.41, 5.74) is 5.74.